The van der Waals surface area contributed by atoms with E-state index in [1.54, 1.807) is 28.7 Å². The Morgan fingerprint density at radius 3 is 2.94 bits per heavy atom. The number of piperazine rings is 1. The lowest BCUT2D eigenvalue weighted by Gasteiger charge is -2.30. The topological polar surface area (TPSA) is 126 Å². The van der Waals surface area contributed by atoms with E-state index in [0.717, 1.165) is 43.9 Å². The fourth-order valence-corrected chi connectivity index (χ4v) is 5.03. The monoisotopic (exact) mass is 507 g/mol. The number of fused-ring (bicyclic) bond motifs is 1. The number of anilines is 3. The number of aromatic nitrogens is 2. The maximum atomic E-state index is 13.1. The van der Waals surface area contributed by atoms with Gasteiger partial charge in [-0.2, -0.15) is 0 Å². The lowest BCUT2D eigenvalue weighted by molar-refractivity contribution is 0.0991. The molecule has 3 aromatic rings. The van der Waals surface area contributed by atoms with E-state index in [1.165, 1.54) is 11.3 Å². The fraction of sp³-hybridized carbons (Fsp3) is 0.360. The van der Waals surface area contributed by atoms with Crippen LogP contribution in [0.4, 0.5) is 16.5 Å². The summed E-state index contributed by atoms with van der Waals surface area (Å²) in [6, 6.07) is 7.49. The predicted molar refractivity (Wildman–Crippen MR) is 140 cm³/mol. The van der Waals surface area contributed by atoms with Crippen LogP contribution in [-0.4, -0.2) is 60.6 Å². The van der Waals surface area contributed by atoms with Gasteiger partial charge in [0.1, 0.15) is 11.4 Å². The van der Waals surface area contributed by atoms with Crippen molar-refractivity contribution >= 4 is 39.7 Å². The van der Waals surface area contributed by atoms with Crippen LogP contribution in [0.5, 0.6) is 5.75 Å². The van der Waals surface area contributed by atoms with Crippen molar-refractivity contribution in [1.82, 2.24) is 15.3 Å². The summed E-state index contributed by atoms with van der Waals surface area (Å²) in [5.41, 5.74) is 9.09. The van der Waals surface area contributed by atoms with Gasteiger partial charge in [0.15, 0.2) is 5.13 Å². The maximum absolute atomic E-state index is 13.1. The van der Waals surface area contributed by atoms with Crippen LogP contribution in [0.3, 0.4) is 0 Å². The van der Waals surface area contributed by atoms with Gasteiger partial charge in [-0.15, -0.1) is 11.3 Å². The zero-order chi connectivity index (χ0) is 25.1. The van der Waals surface area contributed by atoms with E-state index in [2.05, 4.69) is 25.5 Å². The third kappa shape index (κ3) is 5.18. The number of ether oxygens (including phenoxy) is 1. The first-order chi connectivity index (χ1) is 17.5. The van der Waals surface area contributed by atoms with Gasteiger partial charge in [-0.05, 0) is 37.1 Å². The number of benzene rings is 1. The van der Waals surface area contributed by atoms with Crippen molar-refractivity contribution < 1.29 is 14.3 Å². The molecule has 1 atom stereocenters. The first-order valence-corrected chi connectivity index (χ1v) is 12.9. The van der Waals surface area contributed by atoms with Crippen LogP contribution >= 0.6 is 11.3 Å². The maximum Gasteiger partial charge on any atom is 0.275 e. The predicted octanol–water partition coefficient (Wildman–Crippen LogP) is 2.48. The van der Waals surface area contributed by atoms with Gasteiger partial charge in [0, 0.05) is 49.4 Å². The Morgan fingerprint density at radius 1 is 1.31 bits per heavy atom. The van der Waals surface area contributed by atoms with Gasteiger partial charge >= 0.3 is 0 Å². The van der Waals surface area contributed by atoms with Gasteiger partial charge in [0.25, 0.3) is 11.8 Å². The number of thiazole rings is 1. The summed E-state index contributed by atoms with van der Waals surface area (Å²) in [6.07, 6.45) is 4.10. The van der Waals surface area contributed by atoms with Crippen LogP contribution in [-0.2, 0) is 6.54 Å². The second-order valence-electron chi connectivity index (χ2n) is 8.92. The van der Waals surface area contributed by atoms with Gasteiger partial charge < -0.3 is 26.0 Å². The Balaban J connectivity index is 1.27. The lowest BCUT2D eigenvalue weighted by atomic mass is 10.1. The number of hydrogen-bond donors (Lipinski definition) is 3. The molecule has 2 amide bonds. The average Bonchev–Trinajstić information content (AvgIpc) is 3.50. The SMILES string of the molecule is CC(N)CCOc1ccc2c(c1)C(=O)N(c1nc(C(=O)Nc3cnccc3N3CCNCC3)cs1)C2. The van der Waals surface area contributed by atoms with Gasteiger partial charge in [-0.25, -0.2) is 4.98 Å². The third-order valence-corrected chi connectivity index (χ3v) is 7.05. The molecule has 2 aliphatic heterocycles. The Morgan fingerprint density at radius 2 is 2.14 bits per heavy atom. The average molecular weight is 508 g/mol. The third-order valence-electron chi connectivity index (χ3n) is 6.19. The molecule has 1 unspecified atom stereocenters. The molecule has 4 N–H and O–H groups in total. The van der Waals surface area contributed by atoms with E-state index in [1.807, 2.05) is 25.1 Å². The van der Waals surface area contributed by atoms with Gasteiger partial charge in [0.2, 0.25) is 0 Å². The molecule has 188 valence electrons. The van der Waals surface area contributed by atoms with E-state index >= 15 is 0 Å². The van der Waals surface area contributed by atoms with Crippen LogP contribution in [0, 0.1) is 0 Å². The van der Waals surface area contributed by atoms with Crippen LogP contribution < -0.4 is 30.9 Å². The highest BCUT2D eigenvalue weighted by atomic mass is 32.1. The highest BCUT2D eigenvalue weighted by Gasteiger charge is 2.31. The van der Waals surface area contributed by atoms with Crippen molar-refractivity contribution in [3.63, 3.8) is 0 Å². The van der Waals surface area contributed by atoms with Crippen LogP contribution in [0.2, 0.25) is 0 Å². The molecule has 0 saturated carbocycles. The summed E-state index contributed by atoms with van der Waals surface area (Å²) in [6.45, 7) is 6.30. The first kappa shape index (κ1) is 24.2. The number of nitrogens with zero attached hydrogens (tertiary/aromatic N) is 4. The molecule has 1 fully saturated rings. The Kier molecular flexibility index (Phi) is 7.12. The van der Waals surface area contributed by atoms with Crippen molar-refractivity contribution in [3.05, 3.63) is 58.9 Å². The molecule has 11 heteroatoms. The standard InChI is InChI=1S/C25H29N7O3S/c1-16(26)5-11-35-18-3-2-17-14-32(24(34)19(17)12-18)25-30-21(15-36-25)23(33)29-20-13-28-6-4-22(20)31-9-7-27-8-10-31/h2-4,6,12-13,15-16,27H,5,7-11,14,26H2,1H3,(H,29,33). The number of hydrogen-bond acceptors (Lipinski definition) is 9. The van der Waals surface area contributed by atoms with Crippen molar-refractivity contribution in [2.45, 2.75) is 25.9 Å². The quantitative estimate of drug-likeness (QED) is 0.425. The number of nitrogens with two attached hydrogens (primary N) is 1. The molecule has 0 aliphatic carbocycles. The number of rotatable bonds is 8. The normalized spacial score (nSPS) is 16.1. The number of nitrogens with one attached hydrogen (secondary N) is 2. The zero-order valence-electron chi connectivity index (χ0n) is 20.1. The molecule has 0 spiro atoms. The molecular formula is C25H29N7O3S. The minimum absolute atomic E-state index is 0.0552. The molecule has 0 radical (unpaired) electrons. The fourth-order valence-electron chi connectivity index (χ4n) is 4.23. The Hall–Kier alpha value is -3.54. The summed E-state index contributed by atoms with van der Waals surface area (Å²) < 4.78 is 5.75. The second-order valence-corrected chi connectivity index (χ2v) is 9.76. The Bertz CT molecular complexity index is 1260. The van der Waals surface area contributed by atoms with Crippen LogP contribution in [0.15, 0.2) is 42.0 Å². The molecule has 2 aromatic heterocycles. The molecule has 2 aliphatic rings. The van der Waals surface area contributed by atoms with Gasteiger partial charge in [-0.1, -0.05) is 6.07 Å². The summed E-state index contributed by atoms with van der Waals surface area (Å²) >= 11 is 1.27. The first-order valence-electron chi connectivity index (χ1n) is 12.0. The van der Waals surface area contributed by atoms with Crippen molar-refractivity contribution in [3.8, 4) is 5.75 Å². The van der Waals surface area contributed by atoms with Crippen molar-refractivity contribution in [2.24, 2.45) is 5.73 Å². The minimum atomic E-state index is -0.337. The van der Waals surface area contributed by atoms with Crippen molar-refractivity contribution in [1.29, 1.82) is 0 Å². The van der Waals surface area contributed by atoms with Crippen molar-refractivity contribution in [2.75, 3.05) is 47.9 Å². The van der Waals surface area contributed by atoms with E-state index < -0.39 is 0 Å². The van der Waals surface area contributed by atoms with Crippen LogP contribution in [0.25, 0.3) is 0 Å². The highest BCUT2D eigenvalue weighted by molar-refractivity contribution is 7.14. The molecule has 10 nitrogen and oxygen atoms in total. The van der Waals surface area contributed by atoms with Gasteiger partial charge in [0.05, 0.1) is 30.7 Å². The summed E-state index contributed by atoms with van der Waals surface area (Å²) in [5, 5.41) is 8.42. The van der Waals surface area contributed by atoms with E-state index in [4.69, 9.17) is 10.5 Å². The summed E-state index contributed by atoms with van der Waals surface area (Å²) in [5.74, 6) is 0.147. The van der Waals surface area contributed by atoms with E-state index in [-0.39, 0.29) is 23.6 Å². The molecule has 1 aromatic carbocycles. The molecule has 1 saturated heterocycles. The smallest absolute Gasteiger partial charge is 0.275 e. The van der Waals surface area contributed by atoms with Gasteiger partial charge in [-0.3, -0.25) is 19.5 Å². The summed E-state index contributed by atoms with van der Waals surface area (Å²) in [4.78, 5) is 38.6. The van der Waals surface area contributed by atoms with E-state index in [0.29, 0.717) is 35.3 Å². The second kappa shape index (κ2) is 10.6. The number of carbonyl (C=O) groups is 2. The minimum Gasteiger partial charge on any atom is -0.494 e. The zero-order valence-corrected chi connectivity index (χ0v) is 20.9. The largest absolute Gasteiger partial charge is 0.494 e. The number of pyridine rings is 1. The van der Waals surface area contributed by atoms with Crippen LogP contribution in [0.1, 0.15) is 39.8 Å². The molecule has 5 rings (SSSR count). The number of carbonyl (C=O) groups excluding carboxylic acids is 2. The molecule has 36 heavy (non-hydrogen) atoms. The Labute approximate surface area is 213 Å². The lowest BCUT2D eigenvalue weighted by Crippen LogP contribution is -2.43. The summed E-state index contributed by atoms with van der Waals surface area (Å²) in [7, 11) is 0. The highest BCUT2D eigenvalue weighted by Crippen LogP contribution is 2.33. The van der Waals surface area contributed by atoms with E-state index in [9.17, 15) is 9.59 Å². The molecule has 4 heterocycles. The molecular weight excluding hydrogens is 478 g/mol. The molecule has 0 bridgehead atoms. The number of amides is 2.